The molecular weight excluding hydrogens is 382 g/mol. The van der Waals surface area contributed by atoms with E-state index < -0.39 is 0 Å². The van der Waals surface area contributed by atoms with Crippen molar-refractivity contribution in [2.75, 3.05) is 5.32 Å². The summed E-state index contributed by atoms with van der Waals surface area (Å²) in [6.45, 7) is 8.01. The van der Waals surface area contributed by atoms with Gasteiger partial charge in [-0.1, -0.05) is 22.9 Å². The Balaban J connectivity index is 2.20. The van der Waals surface area contributed by atoms with E-state index in [0.717, 1.165) is 39.8 Å². The second-order valence-electron chi connectivity index (χ2n) is 4.69. The smallest absolute Gasteiger partial charge is 0.0767 e. The second kappa shape index (κ2) is 6.76. The van der Waals surface area contributed by atoms with E-state index in [-0.39, 0.29) is 0 Å². The molecule has 0 aliphatic carbocycles. The van der Waals surface area contributed by atoms with E-state index in [1.807, 2.05) is 0 Å². The Kier molecular flexibility index (Phi) is 5.27. The fraction of sp³-hybridized carbons (Fsp3) is 0.400. The lowest BCUT2D eigenvalue weighted by atomic mass is 10.2. The van der Waals surface area contributed by atoms with E-state index in [1.54, 1.807) is 0 Å². The molecule has 0 atom stereocenters. The molecule has 0 amide bonds. The first kappa shape index (κ1) is 15.6. The maximum Gasteiger partial charge on any atom is 0.0767 e. The van der Waals surface area contributed by atoms with Gasteiger partial charge in [0.2, 0.25) is 0 Å². The number of hydrogen-bond acceptors (Lipinski definition) is 2. The molecular formula is C15H19Br2N3. The van der Waals surface area contributed by atoms with Crippen molar-refractivity contribution in [1.82, 2.24) is 9.78 Å². The number of aromatic nitrogens is 2. The quantitative estimate of drug-likeness (QED) is 0.772. The van der Waals surface area contributed by atoms with Gasteiger partial charge in [-0.15, -0.1) is 0 Å². The predicted octanol–water partition coefficient (Wildman–Crippen LogP) is 4.91. The first-order valence-electron chi connectivity index (χ1n) is 6.80. The third-order valence-corrected chi connectivity index (χ3v) is 4.74. The molecule has 2 rings (SSSR count). The highest BCUT2D eigenvalue weighted by molar-refractivity contribution is 9.10. The summed E-state index contributed by atoms with van der Waals surface area (Å²) < 4.78 is 4.29. The first-order valence-corrected chi connectivity index (χ1v) is 8.39. The van der Waals surface area contributed by atoms with Crippen LogP contribution >= 0.6 is 31.9 Å². The van der Waals surface area contributed by atoms with Gasteiger partial charge in [0.1, 0.15) is 0 Å². The molecule has 0 spiro atoms. The largest absolute Gasteiger partial charge is 0.379 e. The number of aryl methyl sites for hydroxylation is 3. The van der Waals surface area contributed by atoms with Crippen molar-refractivity contribution >= 4 is 37.5 Å². The number of nitrogens with one attached hydrogen (secondary N) is 1. The van der Waals surface area contributed by atoms with E-state index in [4.69, 9.17) is 0 Å². The Morgan fingerprint density at radius 1 is 1.25 bits per heavy atom. The summed E-state index contributed by atoms with van der Waals surface area (Å²) in [4.78, 5) is 0. The van der Waals surface area contributed by atoms with Gasteiger partial charge in [0.15, 0.2) is 0 Å². The zero-order chi connectivity index (χ0) is 14.7. The van der Waals surface area contributed by atoms with Gasteiger partial charge in [-0.25, -0.2) is 0 Å². The van der Waals surface area contributed by atoms with E-state index in [2.05, 4.69) is 85.9 Å². The van der Waals surface area contributed by atoms with E-state index in [1.165, 1.54) is 11.3 Å². The van der Waals surface area contributed by atoms with Crippen molar-refractivity contribution in [2.24, 2.45) is 0 Å². The summed E-state index contributed by atoms with van der Waals surface area (Å²) in [5.74, 6) is 0. The van der Waals surface area contributed by atoms with E-state index >= 15 is 0 Å². The molecule has 3 nitrogen and oxygen atoms in total. The van der Waals surface area contributed by atoms with E-state index in [0.29, 0.717) is 0 Å². The second-order valence-corrected chi connectivity index (χ2v) is 6.40. The normalized spacial score (nSPS) is 10.8. The van der Waals surface area contributed by atoms with Crippen LogP contribution in [0.15, 0.2) is 27.1 Å². The minimum Gasteiger partial charge on any atom is -0.379 e. The highest BCUT2D eigenvalue weighted by Crippen LogP contribution is 2.25. The highest BCUT2D eigenvalue weighted by atomic mass is 79.9. The number of halogens is 2. The van der Waals surface area contributed by atoms with Crippen LogP contribution < -0.4 is 5.32 Å². The summed E-state index contributed by atoms with van der Waals surface area (Å²) in [5.41, 5.74) is 4.71. The standard InChI is InChI=1S/C15H19Br2N3/c1-4-12-15(17)14(20(5-2)19-12)9-18-13-7-6-11(16)8-10(13)3/h6-8,18H,4-5,9H2,1-3H3. The Morgan fingerprint density at radius 2 is 2.00 bits per heavy atom. The number of benzene rings is 1. The lowest BCUT2D eigenvalue weighted by Crippen LogP contribution is -2.09. The molecule has 2 aromatic rings. The zero-order valence-corrected chi connectivity index (χ0v) is 15.2. The molecule has 0 unspecified atom stereocenters. The SMILES string of the molecule is CCc1nn(CC)c(CNc2ccc(Br)cc2C)c1Br. The highest BCUT2D eigenvalue weighted by Gasteiger charge is 2.13. The van der Waals surface area contributed by atoms with Crippen LogP contribution in [0.25, 0.3) is 0 Å². The molecule has 20 heavy (non-hydrogen) atoms. The van der Waals surface area contributed by atoms with Crippen molar-refractivity contribution in [3.8, 4) is 0 Å². The molecule has 0 aliphatic rings. The summed E-state index contributed by atoms with van der Waals surface area (Å²) in [5, 5.41) is 8.12. The minimum absolute atomic E-state index is 0.768. The molecule has 1 heterocycles. The molecule has 0 saturated heterocycles. The van der Waals surface area contributed by atoms with Gasteiger partial charge in [-0.2, -0.15) is 5.10 Å². The molecule has 108 valence electrons. The van der Waals surface area contributed by atoms with Crippen LogP contribution in [0.2, 0.25) is 0 Å². The Hall–Kier alpha value is -0.810. The van der Waals surface area contributed by atoms with Crippen LogP contribution in [0.1, 0.15) is 30.8 Å². The fourth-order valence-electron chi connectivity index (χ4n) is 2.19. The van der Waals surface area contributed by atoms with Gasteiger partial charge < -0.3 is 5.32 Å². The van der Waals surface area contributed by atoms with Crippen LogP contribution in [-0.2, 0) is 19.5 Å². The summed E-state index contributed by atoms with van der Waals surface area (Å²) in [6.07, 6.45) is 0.942. The molecule has 0 saturated carbocycles. The van der Waals surface area contributed by atoms with Crippen LogP contribution in [-0.4, -0.2) is 9.78 Å². The number of nitrogens with zero attached hydrogens (tertiary/aromatic N) is 2. The van der Waals surface area contributed by atoms with Crippen molar-refractivity contribution in [2.45, 2.75) is 40.3 Å². The van der Waals surface area contributed by atoms with Gasteiger partial charge in [0, 0.05) is 16.7 Å². The lowest BCUT2D eigenvalue weighted by molar-refractivity contribution is 0.619. The van der Waals surface area contributed by atoms with Gasteiger partial charge in [0.25, 0.3) is 0 Å². The molecule has 1 aromatic heterocycles. The lowest BCUT2D eigenvalue weighted by Gasteiger charge is -2.11. The average molecular weight is 401 g/mol. The predicted molar refractivity (Wildman–Crippen MR) is 91.2 cm³/mol. The van der Waals surface area contributed by atoms with Gasteiger partial charge in [-0.05, 0) is 60.0 Å². The third-order valence-electron chi connectivity index (χ3n) is 3.33. The number of anilines is 1. The number of hydrogen-bond donors (Lipinski definition) is 1. The Bertz CT molecular complexity index is 605. The topological polar surface area (TPSA) is 29.9 Å². The molecule has 1 aromatic carbocycles. The first-order chi connectivity index (χ1) is 9.56. The summed E-state index contributed by atoms with van der Waals surface area (Å²) in [6, 6.07) is 6.27. The summed E-state index contributed by atoms with van der Waals surface area (Å²) in [7, 11) is 0. The van der Waals surface area contributed by atoms with Crippen LogP contribution in [0.5, 0.6) is 0 Å². The maximum absolute atomic E-state index is 4.62. The Labute approximate surface area is 137 Å². The van der Waals surface area contributed by atoms with Gasteiger partial charge >= 0.3 is 0 Å². The average Bonchev–Trinajstić information content (AvgIpc) is 2.74. The maximum atomic E-state index is 4.62. The number of rotatable bonds is 5. The minimum atomic E-state index is 0.768. The van der Waals surface area contributed by atoms with Crippen molar-refractivity contribution in [3.05, 3.63) is 44.1 Å². The summed E-state index contributed by atoms with van der Waals surface area (Å²) >= 11 is 7.17. The monoisotopic (exact) mass is 399 g/mol. The molecule has 0 bridgehead atoms. The van der Waals surface area contributed by atoms with Crippen LogP contribution in [0, 0.1) is 6.92 Å². The Morgan fingerprint density at radius 3 is 2.60 bits per heavy atom. The van der Waals surface area contributed by atoms with E-state index in [9.17, 15) is 0 Å². The molecule has 0 fully saturated rings. The van der Waals surface area contributed by atoms with Crippen molar-refractivity contribution in [1.29, 1.82) is 0 Å². The van der Waals surface area contributed by atoms with Crippen molar-refractivity contribution in [3.63, 3.8) is 0 Å². The van der Waals surface area contributed by atoms with Crippen molar-refractivity contribution < 1.29 is 0 Å². The fourth-order valence-corrected chi connectivity index (χ4v) is 3.37. The third kappa shape index (κ3) is 3.26. The van der Waals surface area contributed by atoms with Gasteiger partial charge in [-0.3, -0.25) is 4.68 Å². The molecule has 0 radical (unpaired) electrons. The zero-order valence-electron chi connectivity index (χ0n) is 12.0. The van der Waals surface area contributed by atoms with Crippen LogP contribution in [0.3, 0.4) is 0 Å². The molecule has 1 N–H and O–H groups in total. The van der Waals surface area contributed by atoms with Crippen LogP contribution in [0.4, 0.5) is 5.69 Å². The van der Waals surface area contributed by atoms with Gasteiger partial charge in [0.05, 0.1) is 22.4 Å². The molecule has 5 heteroatoms. The molecule has 0 aliphatic heterocycles.